The molecule has 1 unspecified atom stereocenters. The minimum Gasteiger partial charge on any atom is -0.492 e. The fourth-order valence-corrected chi connectivity index (χ4v) is 4.32. The summed E-state index contributed by atoms with van der Waals surface area (Å²) in [6.07, 6.45) is 1.57. The average Bonchev–Trinajstić information content (AvgIpc) is 3.45. The zero-order chi connectivity index (χ0) is 19.3. The highest BCUT2D eigenvalue weighted by Crippen LogP contribution is 2.38. The molecule has 1 aromatic carbocycles. The number of aromatic nitrogens is 4. The molecular formula is C18H17N5O3S2. The second-order valence-electron chi connectivity index (χ2n) is 5.62. The van der Waals surface area contributed by atoms with Crippen molar-refractivity contribution in [3.05, 3.63) is 48.6 Å². The number of para-hydroxylation sites is 2. The maximum absolute atomic E-state index is 5.62. The highest BCUT2D eigenvalue weighted by atomic mass is 32.2. The van der Waals surface area contributed by atoms with Crippen molar-refractivity contribution in [2.24, 2.45) is 0 Å². The predicted molar refractivity (Wildman–Crippen MR) is 107 cm³/mol. The van der Waals surface area contributed by atoms with Gasteiger partial charge >= 0.3 is 0 Å². The molecule has 1 N–H and O–H groups in total. The summed E-state index contributed by atoms with van der Waals surface area (Å²) in [5, 5.41) is 16.3. The summed E-state index contributed by atoms with van der Waals surface area (Å²) >= 11 is 2.95. The van der Waals surface area contributed by atoms with E-state index in [2.05, 4.69) is 25.7 Å². The summed E-state index contributed by atoms with van der Waals surface area (Å²) in [6, 6.07) is 11.3. The van der Waals surface area contributed by atoms with Gasteiger partial charge in [-0.25, -0.2) is 0 Å². The third-order valence-corrected chi connectivity index (χ3v) is 5.65. The lowest BCUT2D eigenvalue weighted by molar-refractivity contribution is 0.342. The van der Waals surface area contributed by atoms with Crippen molar-refractivity contribution in [2.75, 3.05) is 11.9 Å². The van der Waals surface area contributed by atoms with Crippen LogP contribution in [0, 0.1) is 0 Å². The molecule has 0 spiro atoms. The summed E-state index contributed by atoms with van der Waals surface area (Å²) in [5.74, 6) is 2.28. The fourth-order valence-electron chi connectivity index (χ4n) is 2.38. The maximum atomic E-state index is 5.62. The molecule has 0 aliphatic rings. The number of furan rings is 1. The minimum atomic E-state index is -0.0762. The molecule has 4 rings (SSSR count). The quantitative estimate of drug-likeness (QED) is 0.390. The van der Waals surface area contributed by atoms with Gasteiger partial charge in [0.1, 0.15) is 5.75 Å². The molecule has 4 aromatic rings. The van der Waals surface area contributed by atoms with Crippen molar-refractivity contribution < 1.29 is 13.7 Å². The Kier molecular flexibility index (Phi) is 5.58. The number of nitrogens with one attached hydrogen (secondary N) is 1. The maximum Gasteiger partial charge on any atom is 0.240 e. The summed E-state index contributed by atoms with van der Waals surface area (Å²) in [6.45, 7) is 4.52. The van der Waals surface area contributed by atoms with Crippen LogP contribution >= 0.6 is 23.1 Å². The van der Waals surface area contributed by atoms with Gasteiger partial charge in [0.2, 0.25) is 16.8 Å². The van der Waals surface area contributed by atoms with E-state index in [4.69, 9.17) is 13.7 Å². The Hall–Kier alpha value is -2.85. The molecule has 0 saturated carbocycles. The number of hydrogen-bond acceptors (Lipinski definition) is 10. The first-order valence-electron chi connectivity index (χ1n) is 8.59. The van der Waals surface area contributed by atoms with Gasteiger partial charge in [-0.15, -0.1) is 10.2 Å². The number of ether oxygens (including phenoxy) is 1. The Morgan fingerprint density at radius 3 is 2.93 bits per heavy atom. The minimum absolute atomic E-state index is 0.0762. The largest absolute Gasteiger partial charge is 0.492 e. The molecule has 10 heteroatoms. The van der Waals surface area contributed by atoms with Crippen LogP contribution in [0.1, 0.15) is 25.0 Å². The van der Waals surface area contributed by atoms with Gasteiger partial charge in [0.05, 0.1) is 23.8 Å². The van der Waals surface area contributed by atoms with Gasteiger partial charge in [-0.2, -0.15) is 4.98 Å². The smallest absolute Gasteiger partial charge is 0.240 e. The number of benzene rings is 1. The zero-order valence-electron chi connectivity index (χ0n) is 15.2. The molecule has 0 bridgehead atoms. The summed E-state index contributed by atoms with van der Waals surface area (Å²) < 4.78 is 17.1. The van der Waals surface area contributed by atoms with E-state index in [1.54, 1.807) is 18.4 Å². The van der Waals surface area contributed by atoms with E-state index in [-0.39, 0.29) is 5.25 Å². The van der Waals surface area contributed by atoms with Crippen molar-refractivity contribution in [1.29, 1.82) is 0 Å². The molecule has 1 atom stereocenters. The number of thioether (sulfide) groups is 1. The molecule has 0 amide bonds. The first-order valence-corrected chi connectivity index (χ1v) is 10.3. The molecular weight excluding hydrogens is 398 g/mol. The van der Waals surface area contributed by atoms with Gasteiger partial charge in [0.25, 0.3) is 0 Å². The van der Waals surface area contributed by atoms with E-state index in [0.717, 1.165) is 15.8 Å². The summed E-state index contributed by atoms with van der Waals surface area (Å²) in [7, 11) is 0. The average molecular weight is 416 g/mol. The second-order valence-corrected chi connectivity index (χ2v) is 8.19. The van der Waals surface area contributed by atoms with Crippen LogP contribution in [0.25, 0.3) is 11.6 Å². The van der Waals surface area contributed by atoms with Gasteiger partial charge in [-0.1, -0.05) is 40.4 Å². The van der Waals surface area contributed by atoms with E-state index in [0.29, 0.717) is 29.2 Å². The van der Waals surface area contributed by atoms with Crippen LogP contribution in [0.5, 0.6) is 5.75 Å². The summed E-state index contributed by atoms with van der Waals surface area (Å²) in [5.41, 5.74) is 0.852. The molecule has 3 heterocycles. The van der Waals surface area contributed by atoms with Crippen molar-refractivity contribution >= 4 is 33.9 Å². The number of nitrogens with zero attached hydrogens (tertiary/aromatic N) is 4. The van der Waals surface area contributed by atoms with Crippen LogP contribution in [-0.2, 0) is 0 Å². The fraction of sp³-hybridized carbons (Fsp3) is 0.222. The van der Waals surface area contributed by atoms with E-state index >= 15 is 0 Å². The van der Waals surface area contributed by atoms with Crippen molar-refractivity contribution in [3.8, 4) is 17.3 Å². The SMILES string of the molecule is CCOc1ccccc1Nc1nnc(SC(C)c2nc(-c3ccco3)no2)s1. The number of rotatable bonds is 8. The van der Waals surface area contributed by atoms with E-state index < -0.39 is 0 Å². The Bertz CT molecular complexity index is 1030. The lowest BCUT2D eigenvalue weighted by Gasteiger charge is -2.09. The van der Waals surface area contributed by atoms with Crippen molar-refractivity contribution in [1.82, 2.24) is 20.3 Å². The molecule has 0 aliphatic heterocycles. The first-order chi connectivity index (χ1) is 13.7. The molecule has 0 radical (unpaired) electrons. The predicted octanol–water partition coefficient (Wildman–Crippen LogP) is 5.18. The lowest BCUT2D eigenvalue weighted by Crippen LogP contribution is -1.97. The molecule has 28 heavy (non-hydrogen) atoms. The molecule has 0 saturated heterocycles. The van der Waals surface area contributed by atoms with Gasteiger partial charge in [-0.3, -0.25) is 0 Å². The van der Waals surface area contributed by atoms with Gasteiger partial charge in [0, 0.05) is 0 Å². The normalized spacial score (nSPS) is 12.1. The van der Waals surface area contributed by atoms with Gasteiger partial charge in [0.15, 0.2) is 10.1 Å². The van der Waals surface area contributed by atoms with E-state index in [1.165, 1.54) is 23.1 Å². The monoisotopic (exact) mass is 415 g/mol. The standard InChI is InChI=1S/C18H17N5O3S2/c1-3-24-13-8-5-4-7-12(13)19-17-21-22-18(28-17)27-11(2)16-20-15(23-26-16)14-9-6-10-25-14/h4-11H,3H2,1-2H3,(H,19,21). The molecule has 8 nitrogen and oxygen atoms in total. The first kappa shape index (κ1) is 18.5. The lowest BCUT2D eigenvalue weighted by atomic mass is 10.3. The van der Waals surface area contributed by atoms with Crippen LogP contribution in [0.2, 0.25) is 0 Å². The molecule has 0 aliphatic carbocycles. The van der Waals surface area contributed by atoms with E-state index in [1.807, 2.05) is 38.1 Å². The van der Waals surface area contributed by atoms with Gasteiger partial charge < -0.3 is 19.0 Å². The second kappa shape index (κ2) is 8.44. The van der Waals surface area contributed by atoms with Crippen LogP contribution < -0.4 is 10.1 Å². The Balaban J connectivity index is 1.42. The molecule has 3 aromatic heterocycles. The van der Waals surface area contributed by atoms with E-state index in [9.17, 15) is 0 Å². The third-order valence-electron chi connectivity index (χ3n) is 3.64. The van der Waals surface area contributed by atoms with Crippen LogP contribution in [0.3, 0.4) is 0 Å². The zero-order valence-corrected chi connectivity index (χ0v) is 16.8. The van der Waals surface area contributed by atoms with Crippen molar-refractivity contribution in [3.63, 3.8) is 0 Å². The number of hydrogen-bond donors (Lipinski definition) is 1. The Morgan fingerprint density at radius 1 is 1.21 bits per heavy atom. The van der Waals surface area contributed by atoms with Crippen molar-refractivity contribution in [2.45, 2.75) is 23.4 Å². The third kappa shape index (κ3) is 4.18. The van der Waals surface area contributed by atoms with Gasteiger partial charge in [-0.05, 0) is 38.1 Å². The topological polar surface area (TPSA) is 99.1 Å². The van der Waals surface area contributed by atoms with Crippen LogP contribution in [0.15, 0.2) is 55.9 Å². The molecule has 0 fully saturated rings. The summed E-state index contributed by atoms with van der Waals surface area (Å²) in [4.78, 5) is 4.39. The highest BCUT2D eigenvalue weighted by molar-refractivity contribution is 8.01. The number of anilines is 2. The van der Waals surface area contributed by atoms with Crippen LogP contribution in [-0.4, -0.2) is 26.9 Å². The van der Waals surface area contributed by atoms with Crippen LogP contribution in [0.4, 0.5) is 10.8 Å². The Labute approximate surface area is 169 Å². The highest BCUT2D eigenvalue weighted by Gasteiger charge is 2.19. The molecule has 144 valence electrons. The Morgan fingerprint density at radius 2 is 2.11 bits per heavy atom.